The van der Waals surface area contributed by atoms with Crippen LogP contribution in [-0.4, -0.2) is 38.7 Å². The molecule has 2 heterocycles. The van der Waals surface area contributed by atoms with Crippen molar-refractivity contribution < 1.29 is 19.0 Å². The van der Waals surface area contributed by atoms with Gasteiger partial charge in [-0.15, -0.1) is 0 Å². The molecule has 1 atom stereocenters. The van der Waals surface area contributed by atoms with Gasteiger partial charge in [-0.3, -0.25) is 0 Å². The standard InChI is InChI=1S/C23H25NO4/c1-26-16-9-7-15(8-10-16)22-21(23(25)28-3)18-12-11-17(27-2)14-19(18)20-6-4-5-13-24(20)22/h7-12,14,20H,4-6,13H2,1-3H3/t20-/m0/s1. The maximum Gasteiger partial charge on any atom is 0.340 e. The van der Waals surface area contributed by atoms with Crippen LogP contribution in [0, 0.1) is 0 Å². The Hall–Kier alpha value is -2.95. The number of benzene rings is 2. The molecule has 2 aliphatic heterocycles. The van der Waals surface area contributed by atoms with E-state index in [-0.39, 0.29) is 12.0 Å². The number of fused-ring (bicyclic) bond motifs is 3. The molecule has 0 unspecified atom stereocenters. The molecule has 0 aromatic heterocycles. The summed E-state index contributed by atoms with van der Waals surface area (Å²) in [6.07, 6.45) is 3.32. The summed E-state index contributed by atoms with van der Waals surface area (Å²) in [5.74, 6) is 1.28. The molecule has 0 N–H and O–H groups in total. The number of carbonyl (C=O) groups is 1. The predicted molar refractivity (Wildman–Crippen MR) is 108 cm³/mol. The molecular weight excluding hydrogens is 354 g/mol. The highest BCUT2D eigenvalue weighted by Gasteiger charge is 2.38. The summed E-state index contributed by atoms with van der Waals surface area (Å²) in [4.78, 5) is 15.3. The van der Waals surface area contributed by atoms with Crippen molar-refractivity contribution in [1.29, 1.82) is 0 Å². The van der Waals surface area contributed by atoms with Gasteiger partial charge in [-0.05, 0) is 78.4 Å². The number of carbonyl (C=O) groups excluding carboxylic acids is 1. The molecule has 2 aliphatic rings. The zero-order valence-electron chi connectivity index (χ0n) is 16.5. The van der Waals surface area contributed by atoms with Gasteiger partial charge in [0.2, 0.25) is 0 Å². The average molecular weight is 379 g/mol. The second kappa shape index (κ2) is 7.58. The van der Waals surface area contributed by atoms with Crippen molar-refractivity contribution in [3.8, 4) is 11.5 Å². The van der Waals surface area contributed by atoms with Crippen LogP contribution in [0.4, 0.5) is 0 Å². The fourth-order valence-corrected chi connectivity index (χ4v) is 4.33. The van der Waals surface area contributed by atoms with Gasteiger partial charge in [0.15, 0.2) is 0 Å². The monoisotopic (exact) mass is 379 g/mol. The van der Waals surface area contributed by atoms with E-state index in [0.29, 0.717) is 5.57 Å². The van der Waals surface area contributed by atoms with Crippen molar-refractivity contribution in [3.63, 3.8) is 0 Å². The SMILES string of the molecule is COC(=O)C1=C(c2ccc(OC)cc2)N2CCCC[C@H]2c2cc(OC)ccc21. The number of hydrogen-bond acceptors (Lipinski definition) is 5. The Balaban J connectivity index is 1.97. The summed E-state index contributed by atoms with van der Waals surface area (Å²) in [7, 11) is 4.76. The molecule has 0 spiro atoms. The van der Waals surface area contributed by atoms with Gasteiger partial charge >= 0.3 is 5.97 Å². The van der Waals surface area contributed by atoms with E-state index in [1.165, 1.54) is 13.5 Å². The highest BCUT2D eigenvalue weighted by molar-refractivity contribution is 6.25. The van der Waals surface area contributed by atoms with E-state index >= 15 is 0 Å². The van der Waals surface area contributed by atoms with Crippen LogP contribution in [-0.2, 0) is 9.53 Å². The zero-order chi connectivity index (χ0) is 19.7. The number of piperidine rings is 1. The minimum Gasteiger partial charge on any atom is -0.497 e. The van der Waals surface area contributed by atoms with E-state index in [4.69, 9.17) is 14.2 Å². The lowest BCUT2D eigenvalue weighted by Crippen LogP contribution is -2.37. The van der Waals surface area contributed by atoms with Gasteiger partial charge in [0, 0.05) is 6.54 Å². The minimum atomic E-state index is -0.318. The van der Waals surface area contributed by atoms with E-state index in [1.807, 2.05) is 36.4 Å². The topological polar surface area (TPSA) is 48.0 Å². The number of hydrogen-bond donors (Lipinski definition) is 0. The Bertz CT molecular complexity index is 917. The predicted octanol–water partition coefficient (Wildman–Crippen LogP) is 4.29. The first-order valence-corrected chi connectivity index (χ1v) is 9.60. The fourth-order valence-electron chi connectivity index (χ4n) is 4.33. The molecule has 2 aromatic carbocycles. The molecule has 28 heavy (non-hydrogen) atoms. The Morgan fingerprint density at radius 1 is 0.964 bits per heavy atom. The number of methoxy groups -OCH3 is 3. The van der Waals surface area contributed by atoms with E-state index in [1.54, 1.807) is 14.2 Å². The molecule has 0 amide bonds. The molecule has 4 rings (SSSR count). The second-order valence-electron chi connectivity index (χ2n) is 7.10. The third kappa shape index (κ3) is 3.01. The Labute approximate surface area is 165 Å². The average Bonchev–Trinajstić information content (AvgIpc) is 2.77. The van der Waals surface area contributed by atoms with Gasteiger partial charge in [-0.2, -0.15) is 0 Å². The molecule has 0 radical (unpaired) electrons. The zero-order valence-corrected chi connectivity index (χ0v) is 16.5. The van der Waals surface area contributed by atoms with Gasteiger partial charge < -0.3 is 19.1 Å². The van der Waals surface area contributed by atoms with Crippen molar-refractivity contribution in [2.45, 2.75) is 25.3 Å². The van der Waals surface area contributed by atoms with Crippen LogP contribution in [0.3, 0.4) is 0 Å². The van der Waals surface area contributed by atoms with E-state index in [0.717, 1.165) is 53.3 Å². The first-order valence-electron chi connectivity index (χ1n) is 9.60. The normalized spacial score (nSPS) is 18.2. The summed E-state index contributed by atoms with van der Waals surface area (Å²) >= 11 is 0. The maximum absolute atomic E-state index is 12.9. The number of rotatable bonds is 4. The van der Waals surface area contributed by atoms with Gasteiger partial charge in [0.25, 0.3) is 0 Å². The first-order chi connectivity index (χ1) is 13.7. The second-order valence-corrected chi connectivity index (χ2v) is 7.10. The maximum atomic E-state index is 12.9. The Kier molecular flexibility index (Phi) is 4.99. The first kappa shape index (κ1) is 18.4. The van der Waals surface area contributed by atoms with Crippen molar-refractivity contribution in [2.75, 3.05) is 27.9 Å². The Morgan fingerprint density at radius 3 is 2.36 bits per heavy atom. The summed E-state index contributed by atoms with van der Waals surface area (Å²) in [5, 5.41) is 0. The van der Waals surface area contributed by atoms with Gasteiger partial charge in [-0.1, -0.05) is 0 Å². The summed E-state index contributed by atoms with van der Waals surface area (Å²) in [5.41, 5.74) is 4.62. The van der Waals surface area contributed by atoms with Crippen LogP contribution in [0.5, 0.6) is 11.5 Å². The van der Waals surface area contributed by atoms with Gasteiger partial charge in [0.05, 0.1) is 38.6 Å². The molecule has 146 valence electrons. The number of esters is 1. The molecule has 2 aromatic rings. The van der Waals surface area contributed by atoms with Crippen LogP contribution in [0.25, 0.3) is 11.3 Å². The van der Waals surface area contributed by atoms with E-state index < -0.39 is 0 Å². The highest BCUT2D eigenvalue weighted by atomic mass is 16.5. The lowest BCUT2D eigenvalue weighted by atomic mass is 9.82. The molecule has 0 aliphatic carbocycles. The third-order valence-electron chi connectivity index (χ3n) is 5.67. The largest absolute Gasteiger partial charge is 0.497 e. The van der Waals surface area contributed by atoms with Crippen molar-refractivity contribution in [2.24, 2.45) is 0 Å². The van der Waals surface area contributed by atoms with Crippen LogP contribution >= 0.6 is 0 Å². The lowest BCUT2D eigenvalue weighted by molar-refractivity contribution is -0.133. The van der Waals surface area contributed by atoms with Crippen molar-refractivity contribution in [3.05, 3.63) is 59.2 Å². The van der Waals surface area contributed by atoms with Crippen LogP contribution in [0.1, 0.15) is 42.0 Å². The van der Waals surface area contributed by atoms with Gasteiger partial charge in [-0.25, -0.2) is 4.79 Å². The molecule has 1 fully saturated rings. The molecule has 1 saturated heterocycles. The summed E-state index contributed by atoms with van der Waals surface area (Å²) < 4.78 is 16.0. The number of nitrogens with zero attached hydrogens (tertiary/aromatic N) is 1. The summed E-state index contributed by atoms with van der Waals surface area (Å²) in [6, 6.07) is 14.1. The van der Waals surface area contributed by atoms with Crippen LogP contribution < -0.4 is 9.47 Å². The van der Waals surface area contributed by atoms with Crippen LogP contribution in [0.2, 0.25) is 0 Å². The minimum absolute atomic E-state index is 0.226. The van der Waals surface area contributed by atoms with Crippen molar-refractivity contribution >= 4 is 17.2 Å². The molecule has 0 bridgehead atoms. The quantitative estimate of drug-likeness (QED) is 0.742. The Morgan fingerprint density at radius 2 is 1.68 bits per heavy atom. The molecule has 0 saturated carbocycles. The van der Waals surface area contributed by atoms with E-state index in [2.05, 4.69) is 11.0 Å². The van der Waals surface area contributed by atoms with Crippen molar-refractivity contribution in [1.82, 2.24) is 4.90 Å². The molecular formula is C23H25NO4. The lowest BCUT2D eigenvalue weighted by Gasteiger charge is -2.44. The van der Waals surface area contributed by atoms with E-state index in [9.17, 15) is 4.79 Å². The summed E-state index contributed by atoms with van der Waals surface area (Å²) in [6.45, 7) is 0.906. The smallest absolute Gasteiger partial charge is 0.340 e. The molecule has 5 heteroatoms. The number of ether oxygens (including phenoxy) is 3. The third-order valence-corrected chi connectivity index (χ3v) is 5.67. The highest BCUT2D eigenvalue weighted by Crippen LogP contribution is 2.48. The molecule has 5 nitrogen and oxygen atoms in total. The van der Waals surface area contributed by atoms with Crippen LogP contribution in [0.15, 0.2) is 42.5 Å². The fraction of sp³-hybridized carbons (Fsp3) is 0.348. The van der Waals surface area contributed by atoms with Gasteiger partial charge in [0.1, 0.15) is 11.5 Å².